The Kier molecular flexibility index (Phi) is 5.36. The Morgan fingerprint density at radius 3 is 2.77 bits per heavy atom. The van der Waals surface area contributed by atoms with Crippen LogP contribution in [-0.2, 0) is 20.7 Å². The van der Waals surface area contributed by atoms with E-state index in [9.17, 15) is 19.8 Å². The summed E-state index contributed by atoms with van der Waals surface area (Å²) in [6, 6.07) is -2.40. The molecule has 3 aromatic heterocycles. The van der Waals surface area contributed by atoms with Crippen LogP contribution in [0.3, 0.4) is 0 Å². The standard InChI is InChI=1S/C15H18N10O5S/c16-4(1-5-22-15(18)31-24-5)12(27)23-6-8(26)13(30-9(6)14(28)29)25-3-21-7-10(17)19-2-20-11(7)25/h2-4,6,8-9,13,26H,1,16H2,(H,23,27)(H,28,29)(H2,17,19,20)(H2,18,22,24)/t4?,6-,8+,9-,13+/m0/s1. The second kappa shape index (κ2) is 7.99. The van der Waals surface area contributed by atoms with Crippen LogP contribution in [0.2, 0.25) is 0 Å². The fourth-order valence-electron chi connectivity index (χ4n) is 3.24. The maximum Gasteiger partial charge on any atom is 0.335 e. The van der Waals surface area contributed by atoms with Crippen molar-refractivity contribution < 1.29 is 24.5 Å². The van der Waals surface area contributed by atoms with E-state index in [2.05, 4.69) is 29.6 Å². The Morgan fingerprint density at radius 1 is 1.32 bits per heavy atom. The highest BCUT2D eigenvalue weighted by Gasteiger charge is 2.49. The van der Waals surface area contributed by atoms with Crippen molar-refractivity contribution in [2.24, 2.45) is 5.73 Å². The number of nitrogens with one attached hydrogen (secondary N) is 1. The summed E-state index contributed by atoms with van der Waals surface area (Å²) in [4.78, 5) is 40.1. The molecule has 0 saturated carbocycles. The number of ether oxygens (including phenoxy) is 1. The number of carbonyl (C=O) groups excluding carboxylic acids is 1. The van der Waals surface area contributed by atoms with Gasteiger partial charge in [-0.3, -0.25) is 9.36 Å². The Labute approximate surface area is 177 Å². The number of carbonyl (C=O) groups is 2. The van der Waals surface area contributed by atoms with Gasteiger partial charge in [-0.2, -0.15) is 4.37 Å². The SMILES string of the molecule is Nc1nc(CC(N)C(=O)N[C@H]2[C@@H](O)[C@H](n3cnc4c(N)ncnc43)O[C@@H]2C(=O)O)ns1. The summed E-state index contributed by atoms with van der Waals surface area (Å²) in [6.45, 7) is 0. The van der Waals surface area contributed by atoms with E-state index in [0.29, 0.717) is 0 Å². The van der Waals surface area contributed by atoms with Crippen molar-refractivity contribution in [2.45, 2.75) is 36.9 Å². The van der Waals surface area contributed by atoms with E-state index in [1.807, 2.05) is 0 Å². The molecule has 1 aliphatic heterocycles. The predicted octanol–water partition coefficient (Wildman–Crippen LogP) is -2.76. The molecule has 1 amide bonds. The fraction of sp³-hybridized carbons (Fsp3) is 0.400. The number of amides is 1. The van der Waals surface area contributed by atoms with Crippen molar-refractivity contribution in [2.75, 3.05) is 11.5 Å². The van der Waals surface area contributed by atoms with Gasteiger partial charge >= 0.3 is 5.97 Å². The van der Waals surface area contributed by atoms with Crippen LogP contribution < -0.4 is 22.5 Å². The van der Waals surface area contributed by atoms with E-state index < -0.39 is 42.4 Å². The number of carboxylic acid groups (broad SMARTS) is 1. The van der Waals surface area contributed by atoms with Gasteiger partial charge in [-0.15, -0.1) is 0 Å². The van der Waals surface area contributed by atoms with E-state index in [4.69, 9.17) is 21.9 Å². The van der Waals surface area contributed by atoms with Gasteiger partial charge in [-0.25, -0.2) is 24.7 Å². The van der Waals surface area contributed by atoms with Gasteiger partial charge in [0, 0.05) is 18.0 Å². The number of imidazole rings is 1. The molecule has 0 bridgehead atoms. The third kappa shape index (κ3) is 3.83. The Balaban J connectivity index is 1.54. The van der Waals surface area contributed by atoms with Crippen LogP contribution in [-0.4, -0.2) is 75.3 Å². The van der Waals surface area contributed by atoms with Gasteiger partial charge in [0.25, 0.3) is 0 Å². The number of aliphatic hydroxyl groups excluding tert-OH is 1. The highest BCUT2D eigenvalue weighted by Crippen LogP contribution is 2.32. The Hall–Kier alpha value is -3.47. The van der Waals surface area contributed by atoms with E-state index >= 15 is 0 Å². The lowest BCUT2D eigenvalue weighted by atomic mass is 10.1. The topological polar surface area (TPSA) is 243 Å². The van der Waals surface area contributed by atoms with Gasteiger partial charge in [0.05, 0.1) is 18.4 Å². The number of aliphatic carboxylic acids is 1. The molecule has 1 saturated heterocycles. The number of nitrogen functional groups attached to an aromatic ring is 2. The number of anilines is 2. The number of rotatable bonds is 6. The largest absolute Gasteiger partial charge is 0.479 e. The molecule has 0 aromatic carbocycles. The van der Waals surface area contributed by atoms with Gasteiger partial charge < -0.3 is 37.5 Å². The third-order valence-electron chi connectivity index (χ3n) is 4.71. The minimum Gasteiger partial charge on any atom is -0.479 e. The summed E-state index contributed by atoms with van der Waals surface area (Å²) in [7, 11) is 0. The van der Waals surface area contributed by atoms with Crippen LogP contribution in [0.4, 0.5) is 10.9 Å². The first-order valence-electron chi connectivity index (χ1n) is 8.89. The average molecular weight is 450 g/mol. The Morgan fingerprint density at radius 2 is 2.10 bits per heavy atom. The zero-order valence-electron chi connectivity index (χ0n) is 15.7. The van der Waals surface area contributed by atoms with E-state index in [-0.39, 0.29) is 34.4 Å². The Bertz CT molecular complexity index is 1130. The monoisotopic (exact) mass is 450 g/mol. The van der Waals surface area contributed by atoms with Crippen molar-refractivity contribution in [1.29, 1.82) is 0 Å². The second-order valence-electron chi connectivity index (χ2n) is 6.75. The molecule has 15 nitrogen and oxygen atoms in total. The first-order valence-corrected chi connectivity index (χ1v) is 9.67. The molecule has 4 rings (SSSR count). The first kappa shape index (κ1) is 20.8. The number of aliphatic hydroxyl groups is 1. The number of fused-ring (bicyclic) bond motifs is 1. The zero-order valence-corrected chi connectivity index (χ0v) is 16.5. The lowest BCUT2D eigenvalue weighted by Gasteiger charge is -2.21. The molecule has 1 fully saturated rings. The van der Waals surface area contributed by atoms with Gasteiger partial charge in [0.2, 0.25) is 5.91 Å². The molecular weight excluding hydrogens is 432 g/mol. The number of nitrogens with two attached hydrogens (primary N) is 3. The normalized spacial score (nSPS) is 24.3. The molecule has 4 heterocycles. The molecule has 0 aliphatic carbocycles. The van der Waals surface area contributed by atoms with Crippen molar-refractivity contribution in [1.82, 2.24) is 34.2 Å². The smallest absolute Gasteiger partial charge is 0.335 e. The molecule has 0 radical (unpaired) electrons. The summed E-state index contributed by atoms with van der Waals surface area (Å²) in [5.41, 5.74) is 17.6. The van der Waals surface area contributed by atoms with Gasteiger partial charge in [0.15, 0.2) is 28.9 Å². The molecule has 1 aliphatic rings. The lowest BCUT2D eigenvalue weighted by Crippen LogP contribution is -2.54. The molecule has 31 heavy (non-hydrogen) atoms. The number of hydrogen-bond donors (Lipinski definition) is 6. The van der Waals surface area contributed by atoms with Crippen LogP contribution in [0.5, 0.6) is 0 Å². The lowest BCUT2D eigenvalue weighted by molar-refractivity contribution is -0.152. The van der Waals surface area contributed by atoms with E-state index in [0.717, 1.165) is 11.5 Å². The molecule has 0 spiro atoms. The minimum absolute atomic E-state index is 0.0211. The van der Waals surface area contributed by atoms with Crippen LogP contribution in [0.1, 0.15) is 12.1 Å². The maximum absolute atomic E-state index is 12.5. The van der Waals surface area contributed by atoms with E-state index in [1.54, 1.807) is 0 Å². The molecule has 164 valence electrons. The highest BCUT2D eigenvalue weighted by molar-refractivity contribution is 7.09. The zero-order chi connectivity index (χ0) is 22.3. The molecule has 16 heteroatoms. The van der Waals surface area contributed by atoms with Crippen molar-refractivity contribution in [3.05, 3.63) is 18.5 Å². The van der Waals surface area contributed by atoms with Gasteiger partial charge in [-0.05, 0) is 0 Å². The molecule has 9 N–H and O–H groups in total. The van der Waals surface area contributed by atoms with Crippen LogP contribution in [0.25, 0.3) is 11.2 Å². The summed E-state index contributed by atoms with van der Waals surface area (Å²) < 4.78 is 10.8. The summed E-state index contributed by atoms with van der Waals surface area (Å²) in [5.74, 6) is -1.70. The second-order valence-corrected chi connectivity index (χ2v) is 7.54. The average Bonchev–Trinajstić information content (AvgIpc) is 3.41. The van der Waals surface area contributed by atoms with Crippen LogP contribution in [0, 0.1) is 0 Å². The van der Waals surface area contributed by atoms with Crippen LogP contribution in [0.15, 0.2) is 12.7 Å². The number of nitrogens with zero attached hydrogens (tertiary/aromatic N) is 6. The number of aromatic nitrogens is 6. The summed E-state index contributed by atoms with van der Waals surface area (Å²) in [5, 5.41) is 23.0. The van der Waals surface area contributed by atoms with Gasteiger partial charge in [-0.1, -0.05) is 0 Å². The van der Waals surface area contributed by atoms with Gasteiger partial charge in [0.1, 0.15) is 23.8 Å². The predicted molar refractivity (Wildman–Crippen MR) is 105 cm³/mol. The minimum atomic E-state index is -1.55. The maximum atomic E-state index is 12.5. The fourth-order valence-corrected chi connectivity index (χ4v) is 3.70. The van der Waals surface area contributed by atoms with Crippen molar-refractivity contribution in [3.8, 4) is 0 Å². The van der Waals surface area contributed by atoms with E-state index in [1.165, 1.54) is 17.2 Å². The van der Waals surface area contributed by atoms with Crippen LogP contribution >= 0.6 is 11.5 Å². The summed E-state index contributed by atoms with van der Waals surface area (Å²) in [6.07, 6.45) is -1.76. The number of carboxylic acids is 1. The van der Waals surface area contributed by atoms with Crippen molar-refractivity contribution in [3.63, 3.8) is 0 Å². The first-order chi connectivity index (χ1) is 14.8. The molecule has 1 unspecified atom stereocenters. The number of hydrogen-bond acceptors (Lipinski definition) is 13. The summed E-state index contributed by atoms with van der Waals surface area (Å²) >= 11 is 0.960. The molecular formula is C15H18N10O5S. The van der Waals surface area contributed by atoms with Crippen molar-refractivity contribution >= 4 is 45.5 Å². The molecule has 5 atom stereocenters. The highest BCUT2D eigenvalue weighted by atomic mass is 32.1. The quantitative estimate of drug-likeness (QED) is 0.223. The third-order valence-corrected chi connectivity index (χ3v) is 5.29. The molecule has 3 aromatic rings.